The number of hydrogen-bond acceptors (Lipinski definition) is 6. The van der Waals surface area contributed by atoms with E-state index < -0.39 is 9.84 Å². The smallest absolute Gasteiger partial charge is 0.271 e. The molecule has 8 nitrogen and oxygen atoms in total. The highest BCUT2D eigenvalue weighted by molar-refractivity contribution is 7.91. The van der Waals surface area contributed by atoms with Gasteiger partial charge in [-0.1, -0.05) is 5.16 Å². The van der Waals surface area contributed by atoms with E-state index in [4.69, 9.17) is 4.52 Å². The molecule has 4 rings (SSSR count). The van der Waals surface area contributed by atoms with Gasteiger partial charge < -0.3 is 9.42 Å². The largest absolute Gasteiger partial charge is 0.360 e. The summed E-state index contributed by atoms with van der Waals surface area (Å²) in [6.45, 7) is 2.11. The van der Waals surface area contributed by atoms with E-state index >= 15 is 0 Å². The van der Waals surface area contributed by atoms with Crippen LogP contribution in [0.1, 0.15) is 27.5 Å². The minimum Gasteiger partial charge on any atom is -0.360 e. The van der Waals surface area contributed by atoms with Crippen molar-refractivity contribution in [1.82, 2.24) is 20.3 Å². The van der Waals surface area contributed by atoms with Gasteiger partial charge in [-0.2, -0.15) is 5.10 Å². The number of sulfone groups is 1. The van der Waals surface area contributed by atoms with Crippen molar-refractivity contribution < 1.29 is 22.1 Å². The summed E-state index contributed by atoms with van der Waals surface area (Å²) in [7, 11) is -3.06. The zero-order valence-electron chi connectivity index (χ0n) is 16.1. The summed E-state index contributed by atoms with van der Waals surface area (Å²) in [6.07, 6.45) is 3.48. The van der Waals surface area contributed by atoms with E-state index in [9.17, 15) is 17.6 Å². The number of nitrogens with one attached hydrogen (secondary N) is 1. The number of carbonyl (C=O) groups excluding carboxylic acids is 1. The van der Waals surface area contributed by atoms with Gasteiger partial charge in [0.05, 0.1) is 17.2 Å². The van der Waals surface area contributed by atoms with Crippen LogP contribution in [0.2, 0.25) is 0 Å². The van der Waals surface area contributed by atoms with Crippen LogP contribution in [0.3, 0.4) is 0 Å². The van der Waals surface area contributed by atoms with Crippen molar-refractivity contribution in [3.8, 4) is 11.3 Å². The Balaban J connectivity index is 1.51. The van der Waals surface area contributed by atoms with Crippen molar-refractivity contribution in [1.29, 1.82) is 0 Å². The molecule has 2 aromatic heterocycles. The van der Waals surface area contributed by atoms with Gasteiger partial charge in [-0.15, -0.1) is 0 Å². The minimum atomic E-state index is -3.06. The first-order valence-electron chi connectivity index (χ1n) is 9.28. The number of hydrogen-bond donors (Lipinski definition) is 1. The predicted octanol–water partition coefficient (Wildman–Crippen LogP) is 2.55. The molecule has 3 heterocycles. The summed E-state index contributed by atoms with van der Waals surface area (Å²) >= 11 is 0. The van der Waals surface area contributed by atoms with Gasteiger partial charge >= 0.3 is 0 Å². The average molecular weight is 430 g/mol. The molecule has 1 fully saturated rings. The van der Waals surface area contributed by atoms with Gasteiger partial charge in [0.25, 0.3) is 5.91 Å². The third kappa shape index (κ3) is 4.18. The van der Waals surface area contributed by atoms with Gasteiger partial charge in [0, 0.05) is 24.2 Å². The Labute approximate surface area is 172 Å². The number of H-pyrrole nitrogens is 1. The molecule has 0 unspecified atom stereocenters. The van der Waals surface area contributed by atoms with Crippen molar-refractivity contribution >= 4 is 27.9 Å². The summed E-state index contributed by atoms with van der Waals surface area (Å²) in [5, 5.41) is 10.9. The fourth-order valence-electron chi connectivity index (χ4n) is 3.18. The first-order valence-corrected chi connectivity index (χ1v) is 11.1. The van der Waals surface area contributed by atoms with Crippen LogP contribution in [0.5, 0.6) is 0 Å². The van der Waals surface area contributed by atoms with Gasteiger partial charge in [0.15, 0.2) is 9.84 Å². The van der Waals surface area contributed by atoms with Crippen LogP contribution in [0.25, 0.3) is 23.4 Å². The normalized spacial score (nSPS) is 16.3. The van der Waals surface area contributed by atoms with Crippen LogP contribution in [-0.4, -0.2) is 59.2 Å². The molecule has 1 aliphatic rings. The lowest BCUT2D eigenvalue weighted by Gasteiger charge is -2.25. The highest BCUT2D eigenvalue weighted by Crippen LogP contribution is 2.27. The zero-order chi connectivity index (χ0) is 21.3. The third-order valence-corrected chi connectivity index (χ3v) is 6.52. The van der Waals surface area contributed by atoms with E-state index in [1.807, 2.05) is 0 Å². The third-order valence-electron chi connectivity index (χ3n) is 4.91. The van der Waals surface area contributed by atoms with Crippen LogP contribution in [-0.2, 0) is 9.84 Å². The Morgan fingerprint density at radius 3 is 2.60 bits per heavy atom. The molecule has 0 radical (unpaired) electrons. The molecular formula is C20H19FN4O4S. The summed E-state index contributed by atoms with van der Waals surface area (Å²) in [5.41, 5.74) is 2.82. The molecule has 1 aliphatic heterocycles. The highest BCUT2D eigenvalue weighted by atomic mass is 32.2. The van der Waals surface area contributed by atoms with Gasteiger partial charge in [0.2, 0.25) is 0 Å². The molecule has 10 heteroatoms. The Morgan fingerprint density at radius 2 is 1.90 bits per heavy atom. The molecule has 0 aliphatic carbocycles. The molecule has 1 amide bonds. The van der Waals surface area contributed by atoms with Crippen LogP contribution in [0.15, 0.2) is 34.9 Å². The second-order valence-corrected chi connectivity index (χ2v) is 9.30. The summed E-state index contributed by atoms with van der Waals surface area (Å²) in [6, 6.07) is 7.54. The minimum absolute atomic E-state index is 0.0292. The number of amides is 1. The first-order chi connectivity index (χ1) is 14.3. The van der Waals surface area contributed by atoms with Gasteiger partial charge in [-0.25, -0.2) is 12.8 Å². The lowest BCUT2D eigenvalue weighted by atomic mass is 10.1. The Hall–Kier alpha value is -3.27. The second kappa shape index (κ2) is 7.86. The van der Waals surface area contributed by atoms with Crippen LogP contribution >= 0.6 is 0 Å². The molecule has 0 atom stereocenters. The van der Waals surface area contributed by atoms with Crippen molar-refractivity contribution in [2.75, 3.05) is 24.6 Å². The monoisotopic (exact) mass is 430 g/mol. The quantitative estimate of drug-likeness (QED) is 0.681. The number of halogens is 1. The molecule has 1 N–H and O–H groups in total. The number of rotatable bonds is 4. The molecule has 3 aromatic rings. The predicted molar refractivity (Wildman–Crippen MR) is 109 cm³/mol. The van der Waals surface area contributed by atoms with Crippen molar-refractivity contribution in [2.45, 2.75) is 6.92 Å². The lowest BCUT2D eigenvalue weighted by Crippen LogP contribution is -2.43. The summed E-state index contributed by atoms with van der Waals surface area (Å²) in [5.74, 6) is -0.0924. The maximum atomic E-state index is 13.2. The Morgan fingerprint density at radius 1 is 1.20 bits per heavy atom. The topological polar surface area (TPSA) is 109 Å². The number of aryl methyl sites for hydroxylation is 1. The van der Waals surface area contributed by atoms with Crippen LogP contribution in [0.4, 0.5) is 4.39 Å². The molecular weight excluding hydrogens is 411 g/mol. The Kier molecular flexibility index (Phi) is 5.25. The van der Waals surface area contributed by atoms with E-state index in [0.29, 0.717) is 22.7 Å². The van der Waals surface area contributed by atoms with Gasteiger partial charge in [-0.3, -0.25) is 9.89 Å². The molecule has 0 saturated carbocycles. The van der Waals surface area contributed by atoms with Gasteiger partial charge in [-0.05, 0) is 49.4 Å². The maximum absolute atomic E-state index is 13.2. The first kappa shape index (κ1) is 20.0. The van der Waals surface area contributed by atoms with E-state index in [0.717, 1.165) is 5.56 Å². The van der Waals surface area contributed by atoms with Crippen LogP contribution in [0, 0.1) is 12.7 Å². The van der Waals surface area contributed by atoms with Crippen molar-refractivity contribution in [3.05, 3.63) is 58.9 Å². The molecule has 0 bridgehead atoms. The fourth-order valence-corrected chi connectivity index (χ4v) is 4.38. The van der Waals surface area contributed by atoms with Crippen molar-refractivity contribution in [3.63, 3.8) is 0 Å². The standard InChI is InChI=1S/C20H19FN4O4S/c1-13-17(19(24-29-13)14-2-4-15(21)5-3-14)7-6-16-12-18(23-22-16)20(26)25-8-10-30(27,28)11-9-25/h2-7,12H,8-11H2,1H3,(H,22,23)/b7-6+. The summed E-state index contributed by atoms with van der Waals surface area (Å²) < 4.78 is 41.5. The van der Waals surface area contributed by atoms with Crippen LogP contribution < -0.4 is 0 Å². The SMILES string of the molecule is Cc1onc(-c2ccc(F)cc2)c1/C=C/c1cc(C(=O)N2CCS(=O)(=O)CC2)[nH]n1. The number of aromatic amines is 1. The maximum Gasteiger partial charge on any atom is 0.271 e. The Bertz CT molecular complexity index is 1200. The number of carbonyl (C=O) groups is 1. The van der Waals surface area contributed by atoms with E-state index in [2.05, 4.69) is 15.4 Å². The van der Waals surface area contributed by atoms with E-state index in [1.165, 1.54) is 17.0 Å². The second-order valence-electron chi connectivity index (χ2n) is 6.99. The lowest BCUT2D eigenvalue weighted by molar-refractivity contribution is 0.0764. The number of benzene rings is 1. The molecule has 0 spiro atoms. The average Bonchev–Trinajstić information content (AvgIpc) is 3.33. The zero-order valence-corrected chi connectivity index (χ0v) is 16.9. The molecule has 30 heavy (non-hydrogen) atoms. The number of nitrogens with zero attached hydrogens (tertiary/aromatic N) is 3. The van der Waals surface area contributed by atoms with Crippen molar-refractivity contribution in [2.24, 2.45) is 0 Å². The number of aromatic nitrogens is 3. The fraction of sp³-hybridized carbons (Fsp3) is 0.250. The molecule has 156 valence electrons. The highest BCUT2D eigenvalue weighted by Gasteiger charge is 2.26. The van der Waals surface area contributed by atoms with E-state index in [-0.39, 0.29) is 42.0 Å². The summed E-state index contributed by atoms with van der Waals surface area (Å²) in [4.78, 5) is 14.1. The molecule has 1 saturated heterocycles. The molecule has 1 aromatic carbocycles. The van der Waals surface area contributed by atoms with E-state index in [1.54, 1.807) is 37.3 Å². The van der Waals surface area contributed by atoms with Gasteiger partial charge in [0.1, 0.15) is 23.0 Å².